The van der Waals surface area contributed by atoms with Gasteiger partial charge in [-0.2, -0.15) is 4.37 Å². The molecule has 0 spiro atoms. The molecule has 0 saturated heterocycles. The summed E-state index contributed by atoms with van der Waals surface area (Å²) in [4.78, 5) is 0. The van der Waals surface area contributed by atoms with E-state index in [4.69, 9.17) is 9.47 Å². The van der Waals surface area contributed by atoms with Gasteiger partial charge in [0.25, 0.3) is 0 Å². The van der Waals surface area contributed by atoms with E-state index < -0.39 is 0 Å². The highest BCUT2D eigenvalue weighted by Crippen LogP contribution is 2.36. The maximum atomic E-state index is 5.34. The van der Waals surface area contributed by atoms with Crippen molar-refractivity contribution in [3.05, 3.63) is 24.3 Å². The quantitative estimate of drug-likeness (QED) is 0.767. The summed E-state index contributed by atoms with van der Waals surface area (Å²) in [5.74, 6) is 1.61. The molecule has 0 N–H and O–H groups in total. The monoisotopic (exact) mass is 251 g/mol. The summed E-state index contributed by atoms with van der Waals surface area (Å²) >= 11 is 3.23. The highest BCUT2D eigenvalue weighted by Gasteiger charge is 2.14. The van der Waals surface area contributed by atoms with Gasteiger partial charge in [-0.25, -0.2) is 0 Å². The third-order valence-electron chi connectivity index (χ3n) is 2.36. The largest absolute Gasteiger partial charge is 0.454 e. The third-order valence-corrected chi connectivity index (χ3v) is 4.19. The van der Waals surface area contributed by atoms with Gasteiger partial charge in [0, 0.05) is 5.56 Å². The van der Waals surface area contributed by atoms with Crippen LogP contribution in [0.5, 0.6) is 11.5 Å². The summed E-state index contributed by atoms with van der Waals surface area (Å²) < 4.78 is 16.2. The van der Waals surface area contributed by atoms with E-state index in [0.29, 0.717) is 6.79 Å². The van der Waals surface area contributed by atoms with Crippen LogP contribution in [0, 0.1) is 0 Å². The average molecular weight is 251 g/mol. The molecule has 1 aliphatic rings. The van der Waals surface area contributed by atoms with Gasteiger partial charge in [0.1, 0.15) is 0 Å². The molecule has 1 aromatic carbocycles. The number of ether oxygens (including phenoxy) is 2. The molecule has 3 nitrogen and oxygen atoms in total. The molecule has 3 rings (SSSR count). The molecule has 0 fully saturated rings. The Morgan fingerprint density at radius 2 is 2.12 bits per heavy atom. The van der Waals surface area contributed by atoms with Crippen LogP contribution in [0.1, 0.15) is 0 Å². The number of benzene rings is 1. The number of aromatic nitrogens is 1. The standard InChI is InChI=1S/C11H9NO2S2/c1-15-11-5-8(12-16-11)7-2-3-9-10(4-7)14-6-13-9/h2-5H,6H2,1H3. The number of thioether (sulfide) groups is 1. The number of nitrogens with zero attached hydrogens (tertiary/aromatic N) is 1. The first-order valence-corrected chi connectivity index (χ1v) is 6.77. The summed E-state index contributed by atoms with van der Waals surface area (Å²) in [6, 6.07) is 8.00. The molecule has 0 saturated carbocycles. The van der Waals surface area contributed by atoms with Crippen molar-refractivity contribution >= 4 is 23.3 Å². The van der Waals surface area contributed by atoms with Gasteiger partial charge in [0.05, 0.1) is 9.90 Å². The van der Waals surface area contributed by atoms with Gasteiger partial charge in [-0.1, -0.05) is 0 Å². The SMILES string of the molecule is CSc1cc(-c2ccc3c(c2)OCO3)ns1. The second kappa shape index (κ2) is 3.99. The maximum Gasteiger partial charge on any atom is 0.231 e. The summed E-state index contributed by atoms with van der Waals surface area (Å²) in [7, 11) is 0. The molecular formula is C11H9NO2S2. The van der Waals surface area contributed by atoms with E-state index in [9.17, 15) is 0 Å². The first-order chi connectivity index (χ1) is 7.86. The predicted molar refractivity (Wildman–Crippen MR) is 65.5 cm³/mol. The lowest BCUT2D eigenvalue weighted by Crippen LogP contribution is -1.92. The molecule has 16 heavy (non-hydrogen) atoms. The van der Waals surface area contributed by atoms with Crippen LogP contribution in [-0.2, 0) is 0 Å². The molecule has 1 aliphatic heterocycles. The number of hydrogen-bond acceptors (Lipinski definition) is 5. The molecular weight excluding hydrogens is 242 g/mol. The van der Waals surface area contributed by atoms with E-state index in [-0.39, 0.29) is 0 Å². The molecule has 5 heteroatoms. The van der Waals surface area contributed by atoms with E-state index in [0.717, 1.165) is 22.8 Å². The molecule has 0 bridgehead atoms. The van der Waals surface area contributed by atoms with E-state index >= 15 is 0 Å². The van der Waals surface area contributed by atoms with Crippen molar-refractivity contribution in [2.75, 3.05) is 13.0 Å². The zero-order valence-electron chi connectivity index (χ0n) is 8.60. The fourth-order valence-electron chi connectivity index (χ4n) is 1.55. The molecule has 0 atom stereocenters. The van der Waals surface area contributed by atoms with Crippen molar-refractivity contribution in [1.29, 1.82) is 0 Å². The van der Waals surface area contributed by atoms with Crippen molar-refractivity contribution < 1.29 is 9.47 Å². The Kier molecular flexibility index (Phi) is 2.49. The molecule has 0 unspecified atom stereocenters. The minimum Gasteiger partial charge on any atom is -0.454 e. The second-order valence-electron chi connectivity index (χ2n) is 3.30. The fraction of sp³-hybridized carbons (Fsp3) is 0.182. The fourth-order valence-corrected chi connectivity index (χ4v) is 2.70. The first kappa shape index (κ1) is 9.99. The van der Waals surface area contributed by atoms with Gasteiger partial charge in [-0.15, -0.1) is 11.8 Å². The van der Waals surface area contributed by atoms with Crippen LogP contribution < -0.4 is 9.47 Å². The second-order valence-corrected chi connectivity index (χ2v) is 5.21. The van der Waals surface area contributed by atoms with Crippen LogP contribution in [0.3, 0.4) is 0 Å². The minimum atomic E-state index is 0.311. The van der Waals surface area contributed by atoms with E-state index in [1.807, 2.05) is 18.2 Å². The maximum absolute atomic E-state index is 5.34. The topological polar surface area (TPSA) is 31.4 Å². The van der Waals surface area contributed by atoms with Gasteiger partial charge < -0.3 is 9.47 Å². The molecule has 2 heterocycles. The minimum absolute atomic E-state index is 0.311. The Hall–Kier alpha value is -1.20. The number of fused-ring (bicyclic) bond motifs is 1. The third kappa shape index (κ3) is 1.66. The van der Waals surface area contributed by atoms with Gasteiger partial charge in [-0.3, -0.25) is 0 Å². The smallest absolute Gasteiger partial charge is 0.231 e. The van der Waals surface area contributed by atoms with Gasteiger partial charge in [0.2, 0.25) is 6.79 Å². The van der Waals surface area contributed by atoms with Crippen LogP contribution in [0.4, 0.5) is 0 Å². The van der Waals surface area contributed by atoms with Crippen molar-refractivity contribution in [2.45, 2.75) is 4.21 Å². The normalized spacial score (nSPS) is 13.1. The van der Waals surface area contributed by atoms with Gasteiger partial charge in [-0.05, 0) is 42.1 Å². The zero-order valence-corrected chi connectivity index (χ0v) is 10.2. The Morgan fingerprint density at radius 3 is 2.94 bits per heavy atom. The summed E-state index contributed by atoms with van der Waals surface area (Å²) in [6.07, 6.45) is 2.05. The van der Waals surface area contributed by atoms with Crippen LogP contribution >= 0.6 is 23.3 Å². The van der Waals surface area contributed by atoms with E-state index in [1.165, 1.54) is 15.7 Å². The highest BCUT2D eigenvalue weighted by atomic mass is 32.2. The van der Waals surface area contributed by atoms with E-state index in [2.05, 4.69) is 16.7 Å². The first-order valence-electron chi connectivity index (χ1n) is 4.77. The van der Waals surface area contributed by atoms with Crippen molar-refractivity contribution in [3.8, 4) is 22.8 Å². The van der Waals surface area contributed by atoms with Crippen LogP contribution in [0.2, 0.25) is 0 Å². The number of rotatable bonds is 2. The molecule has 82 valence electrons. The van der Waals surface area contributed by atoms with Crippen LogP contribution in [0.15, 0.2) is 28.5 Å². The molecule has 0 radical (unpaired) electrons. The Bertz CT molecular complexity index is 524. The van der Waals surface area contributed by atoms with Crippen LogP contribution in [-0.4, -0.2) is 17.4 Å². The van der Waals surface area contributed by atoms with Gasteiger partial charge >= 0.3 is 0 Å². The predicted octanol–water partition coefficient (Wildman–Crippen LogP) is 3.26. The Labute approximate surface area is 102 Å². The molecule has 0 aliphatic carbocycles. The zero-order chi connectivity index (χ0) is 11.0. The van der Waals surface area contributed by atoms with E-state index in [1.54, 1.807) is 11.8 Å². The summed E-state index contributed by atoms with van der Waals surface area (Å²) in [5, 5.41) is 0. The lowest BCUT2D eigenvalue weighted by Gasteiger charge is -1.98. The number of hydrogen-bond donors (Lipinski definition) is 0. The molecule has 1 aromatic heterocycles. The average Bonchev–Trinajstić information content (AvgIpc) is 2.96. The lowest BCUT2D eigenvalue weighted by atomic mass is 10.1. The van der Waals surface area contributed by atoms with Crippen molar-refractivity contribution in [2.24, 2.45) is 0 Å². The van der Waals surface area contributed by atoms with Crippen molar-refractivity contribution in [3.63, 3.8) is 0 Å². The highest BCUT2D eigenvalue weighted by molar-refractivity contribution is 8.00. The summed E-state index contributed by atoms with van der Waals surface area (Å²) in [6.45, 7) is 0.311. The van der Waals surface area contributed by atoms with Crippen LogP contribution in [0.25, 0.3) is 11.3 Å². The molecule has 0 amide bonds. The molecule has 2 aromatic rings. The summed E-state index contributed by atoms with van der Waals surface area (Å²) in [5.41, 5.74) is 2.06. The Balaban J connectivity index is 2.00. The van der Waals surface area contributed by atoms with Crippen molar-refractivity contribution in [1.82, 2.24) is 4.37 Å². The Morgan fingerprint density at radius 1 is 1.25 bits per heavy atom. The lowest BCUT2D eigenvalue weighted by molar-refractivity contribution is 0.174. The van der Waals surface area contributed by atoms with Gasteiger partial charge in [0.15, 0.2) is 11.5 Å².